The molecule has 13 heavy (non-hydrogen) atoms. The van der Waals surface area contributed by atoms with E-state index in [0.717, 1.165) is 18.8 Å². The molecule has 0 amide bonds. The minimum Gasteiger partial charge on any atom is -0.497 e. The van der Waals surface area contributed by atoms with Crippen LogP contribution in [0.15, 0.2) is 18.2 Å². The van der Waals surface area contributed by atoms with Crippen molar-refractivity contribution in [3.63, 3.8) is 0 Å². The van der Waals surface area contributed by atoms with E-state index in [-0.39, 0.29) is 0 Å². The highest BCUT2D eigenvalue weighted by Crippen LogP contribution is 2.26. The fourth-order valence-electron chi connectivity index (χ4n) is 1.88. The lowest BCUT2D eigenvalue weighted by atomic mass is 9.92. The van der Waals surface area contributed by atoms with Gasteiger partial charge in [0, 0.05) is 13.1 Å². The highest BCUT2D eigenvalue weighted by Gasteiger charge is 2.15. The molecule has 1 aliphatic heterocycles. The third-order valence-corrected chi connectivity index (χ3v) is 2.65. The number of benzene rings is 1. The molecule has 1 heterocycles. The maximum Gasteiger partial charge on any atom is 0.119 e. The molecule has 0 saturated heterocycles. The minimum absolute atomic E-state index is 0.620. The summed E-state index contributed by atoms with van der Waals surface area (Å²) in [5.41, 5.74) is 2.83. The number of hydrogen-bond donors (Lipinski definition) is 1. The monoisotopic (exact) mass is 177 g/mol. The Kier molecular flexibility index (Phi) is 2.23. The Morgan fingerprint density at radius 1 is 1.46 bits per heavy atom. The molecule has 2 nitrogen and oxygen atoms in total. The zero-order valence-electron chi connectivity index (χ0n) is 8.13. The summed E-state index contributed by atoms with van der Waals surface area (Å²) in [6, 6.07) is 6.35. The van der Waals surface area contributed by atoms with E-state index < -0.39 is 0 Å². The van der Waals surface area contributed by atoms with Gasteiger partial charge in [-0.05, 0) is 29.2 Å². The number of methoxy groups -OCH3 is 1. The van der Waals surface area contributed by atoms with E-state index in [1.807, 2.05) is 6.07 Å². The Morgan fingerprint density at radius 2 is 2.31 bits per heavy atom. The van der Waals surface area contributed by atoms with Crippen LogP contribution in [0.5, 0.6) is 5.75 Å². The average Bonchev–Trinajstić information content (AvgIpc) is 2.18. The Balaban J connectivity index is 2.39. The summed E-state index contributed by atoms with van der Waals surface area (Å²) >= 11 is 0. The number of nitrogens with one attached hydrogen (secondary N) is 1. The fraction of sp³-hybridized carbons (Fsp3) is 0.455. The molecule has 1 atom stereocenters. The van der Waals surface area contributed by atoms with Crippen LogP contribution in [0, 0.1) is 0 Å². The van der Waals surface area contributed by atoms with Crippen molar-refractivity contribution >= 4 is 0 Å². The molecule has 0 bridgehead atoms. The van der Waals surface area contributed by atoms with Crippen LogP contribution in [0.2, 0.25) is 0 Å². The lowest BCUT2D eigenvalue weighted by Crippen LogP contribution is -2.26. The van der Waals surface area contributed by atoms with Crippen molar-refractivity contribution in [1.82, 2.24) is 5.32 Å². The van der Waals surface area contributed by atoms with Crippen LogP contribution in [0.4, 0.5) is 0 Å². The quantitative estimate of drug-likeness (QED) is 0.707. The van der Waals surface area contributed by atoms with Crippen molar-refractivity contribution in [2.24, 2.45) is 0 Å². The first kappa shape index (κ1) is 8.57. The molecule has 2 heteroatoms. The second-order valence-corrected chi connectivity index (χ2v) is 3.60. The first-order valence-electron chi connectivity index (χ1n) is 4.69. The molecule has 70 valence electrons. The summed E-state index contributed by atoms with van der Waals surface area (Å²) in [4.78, 5) is 0. The molecular weight excluding hydrogens is 162 g/mol. The summed E-state index contributed by atoms with van der Waals surface area (Å²) in [5, 5.41) is 3.39. The van der Waals surface area contributed by atoms with Crippen LogP contribution in [-0.4, -0.2) is 13.7 Å². The van der Waals surface area contributed by atoms with Gasteiger partial charge in [0.25, 0.3) is 0 Å². The van der Waals surface area contributed by atoms with E-state index in [1.165, 1.54) is 11.1 Å². The van der Waals surface area contributed by atoms with Gasteiger partial charge in [0.15, 0.2) is 0 Å². The van der Waals surface area contributed by atoms with Crippen LogP contribution in [0.25, 0.3) is 0 Å². The molecule has 1 N–H and O–H groups in total. The van der Waals surface area contributed by atoms with Gasteiger partial charge in [-0.3, -0.25) is 0 Å². The SMILES string of the molecule is COc1ccc2c(c1)CNCC2C. The van der Waals surface area contributed by atoms with Crippen LogP contribution in [-0.2, 0) is 6.54 Å². The van der Waals surface area contributed by atoms with Crippen molar-refractivity contribution in [3.05, 3.63) is 29.3 Å². The predicted octanol–water partition coefficient (Wildman–Crippen LogP) is 1.90. The van der Waals surface area contributed by atoms with Crippen molar-refractivity contribution in [1.29, 1.82) is 0 Å². The Labute approximate surface area is 78.9 Å². The summed E-state index contributed by atoms with van der Waals surface area (Å²) in [6.07, 6.45) is 0. The second kappa shape index (κ2) is 3.38. The zero-order valence-corrected chi connectivity index (χ0v) is 8.13. The smallest absolute Gasteiger partial charge is 0.119 e. The first-order valence-corrected chi connectivity index (χ1v) is 4.69. The second-order valence-electron chi connectivity index (χ2n) is 3.60. The van der Waals surface area contributed by atoms with Crippen LogP contribution >= 0.6 is 0 Å². The zero-order chi connectivity index (χ0) is 9.26. The van der Waals surface area contributed by atoms with Crippen LogP contribution in [0.3, 0.4) is 0 Å². The van der Waals surface area contributed by atoms with Crippen molar-refractivity contribution in [2.75, 3.05) is 13.7 Å². The summed E-state index contributed by atoms with van der Waals surface area (Å²) in [6.45, 7) is 4.30. The Morgan fingerprint density at radius 3 is 3.08 bits per heavy atom. The van der Waals surface area contributed by atoms with Crippen molar-refractivity contribution in [3.8, 4) is 5.75 Å². The molecule has 0 aromatic heterocycles. The molecule has 1 aromatic carbocycles. The minimum atomic E-state index is 0.620. The van der Waals surface area contributed by atoms with Crippen LogP contribution < -0.4 is 10.1 Å². The molecule has 0 saturated carbocycles. The normalized spacial score (nSPS) is 20.9. The average molecular weight is 177 g/mol. The molecule has 0 aliphatic carbocycles. The third kappa shape index (κ3) is 1.54. The highest BCUT2D eigenvalue weighted by molar-refractivity contribution is 5.38. The highest BCUT2D eigenvalue weighted by atomic mass is 16.5. The van der Waals surface area contributed by atoms with E-state index in [4.69, 9.17) is 4.74 Å². The van der Waals surface area contributed by atoms with Gasteiger partial charge in [-0.25, -0.2) is 0 Å². The van der Waals surface area contributed by atoms with Gasteiger partial charge in [-0.2, -0.15) is 0 Å². The van der Waals surface area contributed by atoms with Gasteiger partial charge < -0.3 is 10.1 Å². The van der Waals surface area contributed by atoms with Gasteiger partial charge in [0.2, 0.25) is 0 Å². The largest absolute Gasteiger partial charge is 0.497 e. The maximum atomic E-state index is 5.19. The lowest BCUT2D eigenvalue weighted by Gasteiger charge is -2.23. The molecule has 0 fully saturated rings. The third-order valence-electron chi connectivity index (χ3n) is 2.65. The molecule has 1 aromatic rings. The van der Waals surface area contributed by atoms with E-state index in [2.05, 4.69) is 24.4 Å². The molecule has 2 rings (SSSR count). The summed E-state index contributed by atoms with van der Waals surface area (Å²) < 4.78 is 5.19. The summed E-state index contributed by atoms with van der Waals surface area (Å²) in [5.74, 6) is 1.57. The molecule has 0 spiro atoms. The van der Waals surface area contributed by atoms with Crippen molar-refractivity contribution in [2.45, 2.75) is 19.4 Å². The van der Waals surface area contributed by atoms with Gasteiger partial charge in [0.05, 0.1) is 7.11 Å². The maximum absolute atomic E-state index is 5.19. The Hall–Kier alpha value is -1.02. The van der Waals surface area contributed by atoms with E-state index in [9.17, 15) is 0 Å². The number of ether oxygens (including phenoxy) is 1. The van der Waals surface area contributed by atoms with Crippen LogP contribution in [0.1, 0.15) is 24.0 Å². The van der Waals surface area contributed by atoms with Gasteiger partial charge in [0.1, 0.15) is 5.75 Å². The molecule has 1 unspecified atom stereocenters. The number of rotatable bonds is 1. The standard InChI is InChI=1S/C11H15NO/c1-8-6-12-7-9-5-10(13-2)3-4-11(8)9/h3-5,8,12H,6-7H2,1-2H3. The van der Waals surface area contributed by atoms with Crippen molar-refractivity contribution < 1.29 is 4.74 Å². The van der Waals surface area contributed by atoms with Gasteiger partial charge in [-0.1, -0.05) is 13.0 Å². The van der Waals surface area contributed by atoms with E-state index in [0.29, 0.717) is 5.92 Å². The fourth-order valence-corrected chi connectivity index (χ4v) is 1.88. The van der Waals surface area contributed by atoms with E-state index >= 15 is 0 Å². The first-order chi connectivity index (χ1) is 6.31. The Bertz CT molecular complexity index is 309. The summed E-state index contributed by atoms with van der Waals surface area (Å²) in [7, 11) is 1.71. The lowest BCUT2D eigenvalue weighted by molar-refractivity contribution is 0.413. The predicted molar refractivity (Wildman–Crippen MR) is 53.1 cm³/mol. The molecule has 1 aliphatic rings. The van der Waals surface area contributed by atoms with Gasteiger partial charge >= 0.3 is 0 Å². The van der Waals surface area contributed by atoms with Gasteiger partial charge in [-0.15, -0.1) is 0 Å². The topological polar surface area (TPSA) is 21.3 Å². The number of hydrogen-bond acceptors (Lipinski definition) is 2. The molecular formula is C11H15NO. The molecule has 0 radical (unpaired) electrons. The van der Waals surface area contributed by atoms with E-state index in [1.54, 1.807) is 7.11 Å². The number of fused-ring (bicyclic) bond motifs is 1.